The molecule has 2 aromatic rings. The molecule has 0 aliphatic heterocycles. The Bertz CT molecular complexity index is 494. The fourth-order valence-corrected chi connectivity index (χ4v) is 1.89. The predicted octanol–water partition coefficient (Wildman–Crippen LogP) is 3.06. The van der Waals surface area contributed by atoms with E-state index in [0.717, 1.165) is 18.7 Å². The van der Waals surface area contributed by atoms with Gasteiger partial charge >= 0.3 is 0 Å². The molecule has 2 rings (SSSR count). The molecule has 0 aliphatic carbocycles. The number of benzene rings is 1. The number of hydrogen-bond acceptors (Lipinski definition) is 1. The molecular formula is C15H18NO+. The Kier molecular flexibility index (Phi) is 3.76. The molecule has 0 saturated carbocycles. The molecule has 0 saturated heterocycles. The van der Waals surface area contributed by atoms with Crippen molar-refractivity contribution in [3.05, 3.63) is 48.8 Å². The minimum absolute atomic E-state index is 0.897. The minimum Gasteiger partial charge on any atom is -0.497 e. The van der Waals surface area contributed by atoms with E-state index in [9.17, 15) is 0 Å². The molecule has 88 valence electrons. The van der Waals surface area contributed by atoms with E-state index < -0.39 is 0 Å². The van der Waals surface area contributed by atoms with Crippen LogP contribution in [0.5, 0.6) is 5.75 Å². The van der Waals surface area contributed by atoms with Crippen LogP contribution in [-0.2, 0) is 6.54 Å². The van der Waals surface area contributed by atoms with Crippen LogP contribution in [0.1, 0.15) is 13.3 Å². The normalized spacial score (nSPS) is 10.2. The van der Waals surface area contributed by atoms with Crippen molar-refractivity contribution in [2.45, 2.75) is 19.9 Å². The second kappa shape index (κ2) is 5.48. The first-order chi connectivity index (χ1) is 8.33. The first-order valence-corrected chi connectivity index (χ1v) is 5.97. The second-order valence-electron chi connectivity index (χ2n) is 4.06. The van der Waals surface area contributed by atoms with Crippen LogP contribution in [0.2, 0.25) is 0 Å². The highest BCUT2D eigenvalue weighted by Crippen LogP contribution is 2.22. The molecule has 1 aromatic carbocycles. The van der Waals surface area contributed by atoms with Crippen LogP contribution in [0.4, 0.5) is 0 Å². The number of aromatic nitrogens is 1. The highest BCUT2D eigenvalue weighted by atomic mass is 16.5. The topological polar surface area (TPSA) is 13.1 Å². The zero-order valence-electron chi connectivity index (χ0n) is 10.4. The number of methoxy groups -OCH3 is 1. The number of aryl methyl sites for hydroxylation is 1. The van der Waals surface area contributed by atoms with Crippen LogP contribution in [0.3, 0.4) is 0 Å². The summed E-state index contributed by atoms with van der Waals surface area (Å²) in [6, 6.07) is 12.4. The molecule has 0 bridgehead atoms. The first-order valence-electron chi connectivity index (χ1n) is 5.97. The Morgan fingerprint density at radius 3 is 2.71 bits per heavy atom. The van der Waals surface area contributed by atoms with E-state index in [1.165, 1.54) is 11.1 Å². The Morgan fingerprint density at radius 2 is 1.94 bits per heavy atom. The highest BCUT2D eigenvalue weighted by Gasteiger charge is 2.04. The van der Waals surface area contributed by atoms with Crippen molar-refractivity contribution >= 4 is 0 Å². The van der Waals surface area contributed by atoms with Gasteiger partial charge in [0.2, 0.25) is 0 Å². The molecule has 0 radical (unpaired) electrons. The zero-order valence-corrected chi connectivity index (χ0v) is 10.4. The Morgan fingerprint density at radius 1 is 1.12 bits per heavy atom. The summed E-state index contributed by atoms with van der Waals surface area (Å²) in [5.74, 6) is 0.897. The van der Waals surface area contributed by atoms with Gasteiger partial charge in [0.05, 0.1) is 7.11 Å². The Labute approximate surface area is 102 Å². The van der Waals surface area contributed by atoms with Gasteiger partial charge in [-0.15, -0.1) is 0 Å². The largest absolute Gasteiger partial charge is 0.497 e. The van der Waals surface area contributed by atoms with Crippen LogP contribution in [-0.4, -0.2) is 7.11 Å². The van der Waals surface area contributed by atoms with Gasteiger partial charge < -0.3 is 4.74 Å². The summed E-state index contributed by atoms with van der Waals surface area (Å²) in [7, 11) is 1.70. The van der Waals surface area contributed by atoms with Crippen LogP contribution < -0.4 is 9.30 Å². The number of pyridine rings is 1. The predicted molar refractivity (Wildman–Crippen MR) is 68.9 cm³/mol. The second-order valence-corrected chi connectivity index (χ2v) is 4.06. The number of rotatable bonds is 4. The quantitative estimate of drug-likeness (QED) is 0.733. The molecule has 0 aliphatic rings. The smallest absolute Gasteiger partial charge is 0.176 e. The zero-order chi connectivity index (χ0) is 12.1. The molecule has 0 fully saturated rings. The first kappa shape index (κ1) is 11.6. The standard InChI is InChI=1S/C15H18NO/c1-3-9-16-10-5-7-14(12-16)13-6-4-8-15(11-13)17-2/h4-8,10-12H,3,9H2,1-2H3/q+1. The van der Waals surface area contributed by atoms with Gasteiger partial charge in [0.25, 0.3) is 0 Å². The highest BCUT2D eigenvalue weighted by molar-refractivity contribution is 5.63. The lowest BCUT2D eigenvalue weighted by molar-refractivity contribution is -0.696. The molecule has 0 amide bonds. The van der Waals surface area contributed by atoms with E-state index in [2.05, 4.69) is 48.1 Å². The van der Waals surface area contributed by atoms with Crippen molar-refractivity contribution in [3.63, 3.8) is 0 Å². The summed E-state index contributed by atoms with van der Waals surface area (Å²) < 4.78 is 7.46. The third-order valence-corrected chi connectivity index (χ3v) is 2.74. The van der Waals surface area contributed by atoms with Gasteiger partial charge in [-0.1, -0.05) is 19.1 Å². The third-order valence-electron chi connectivity index (χ3n) is 2.74. The lowest BCUT2D eigenvalue weighted by atomic mass is 10.1. The molecular weight excluding hydrogens is 210 g/mol. The molecule has 0 unspecified atom stereocenters. The van der Waals surface area contributed by atoms with Gasteiger partial charge in [0, 0.05) is 18.1 Å². The average molecular weight is 228 g/mol. The van der Waals surface area contributed by atoms with Crippen LogP contribution >= 0.6 is 0 Å². The number of hydrogen-bond donors (Lipinski definition) is 0. The minimum atomic E-state index is 0.897. The van der Waals surface area contributed by atoms with Crippen molar-refractivity contribution in [2.24, 2.45) is 0 Å². The van der Waals surface area contributed by atoms with Crippen LogP contribution in [0, 0.1) is 0 Å². The maximum Gasteiger partial charge on any atom is 0.176 e. The monoisotopic (exact) mass is 228 g/mol. The summed E-state index contributed by atoms with van der Waals surface area (Å²) in [6.45, 7) is 3.24. The summed E-state index contributed by atoms with van der Waals surface area (Å²) in [4.78, 5) is 0. The Balaban J connectivity index is 2.34. The van der Waals surface area contributed by atoms with Gasteiger partial charge in [-0.3, -0.25) is 0 Å². The van der Waals surface area contributed by atoms with Crippen molar-refractivity contribution in [1.29, 1.82) is 0 Å². The van der Waals surface area contributed by atoms with E-state index in [4.69, 9.17) is 4.74 Å². The van der Waals surface area contributed by atoms with Gasteiger partial charge in [0.1, 0.15) is 12.3 Å². The van der Waals surface area contributed by atoms with E-state index in [1.54, 1.807) is 7.11 Å². The maximum atomic E-state index is 5.25. The van der Waals surface area contributed by atoms with Gasteiger partial charge in [-0.05, 0) is 23.8 Å². The van der Waals surface area contributed by atoms with E-state index >= 15 is 0 Å². The van der Waals surface area contributed by atoms with Crippen molar-refractivity contribution in [1.82, 2.24) is 0 Å². The van der Waals surface area contributed by atoms with Crippen molar-refractivity contribution < 1.29 is 9.30 Å². The van der Waals surface area contributed by atoms with Crippen molar-refractivity contribution in [3.8, 4) is 16.9 Å². The lowest BCUT2D eigenvalue weighted by Crippen LogP contribution is -2.32. The molecule has 0 atom stereocenters. The summed E-state index contributed by atoms with van der Waals surface area (Å²) >= 11 is 0. The lowest BCUT2D eigenvalue weighted by Gasteiger charge is -2.04. The van der Waals surface area contributed by atoms with Crippen molar-refractivity contribution in [2.75, 3.05) is 7.11 Å². The molecule has 0 spiro atoms. The van der Waals surface area contributed by atoms with E-state index in [1.807, 2.05) is 12.1 Å². The van der Waals surface area contributed by atoms with Gasteiger partial charge in [-0.25, -0.2) is 4.57 Å². The molecule has 0 N–H and O–H groups in total. The van der Waals surface area contributed by atoms with Gasteiger partial charge in [-0.2, -0.15) is 0 Å². The molecule has 1 aromatic heterocycles. The van der Waals surface area contributed by atoms with Crippen LogP contribution in [0.25, 0.3) is 11.1 Å². The summed E-state index contributed by atoms with van der Waals surface area (Å²) in [5, 5.41) is 0. The number of ether oxygens (including phenoxy) is 1. The molecule has 1 heterocycles. The number of nitrogens with zero attached hydrogens (tertiary/aromatic N) is 1. The fraction of sp³-hybridized carbons (Fsp3) is 0.267. The van der Waals surface area contributed by atoms with Gasteiger partial charge in [0.15, 0.2) is 12.4 Å². The third kappa shape index (κ3) is 2.84. The summed E-state index contributed by atoms with van der Waals surface area (Å²) in [6.07, 6.45) is 5.43. The fourth-order valence-electron chi connectivity index (χ4n) is 1.89. The molecule has 2 nitrogen and oxygen atoms in total. The molecule has 17 heavy (non-hydrogen) atoms. The average Bonchev–Trinajstić information content (AvgIpc) is 2.40. The summed E-state index contributed by atoms with van der Waals surface area (Å²) in [5.41, 5.74) is 2.41. The van der Waals surface area contributed by atoms with Crippen LogP contribution in [0.15, 0.2) is 48.8 Å². The Hall–Kier alpha value is -1.83. The maximum absolute atomic E-state index is 5.25. The van der Waals surface area contributed by atoms with E-state index in [0.29, 0.717) is 0 Å². The van der Waals surface area contributed by atoms with E-state index in [-0.39, 0.29) is 0 Å². The SMILES string of the molecule is CCC[n+]1cccc(-c2cccc(OC)c2)c1. The molecule has 2 heteroatoms.